The lowest BCUT2D eigenvalue weighted by atomic mass is 9.83. The van der Waals surface area contributed by atoms with E-state index >= 15 is 0 Å². The Morgan fingerprint density at radius 1 is 1.24 bits per heavy atom. The first-order chi connectivity index (χ1) is 8.24. The van der Waals surface area contributed by atoms with Gasteiger partial charge in [-0.2, -0.15) is 0 Å². The SMILES string of the molecule is Cn1cnc2cc(C3CCC(O)CC3)ccc21. The van der Waals surface area contributed by atoms with E-state index < -0.39 is 0 Å². The summed E-state index contributed by atoms with van der Waals surface area (Å²) >= 11 is 0. The lowest BCUT2D eigenvalue weighted by molar-refractivity contribution is 0.122. The molecular formula is C14H18N2O. The molecule has 0 bridgehead atoms. The Morgan fingerprint density at radius 2 is 2.00 bits per heavy atom. The van der Waals surface area contributed by atoms with Gasteiger partial charge in [-0.05, 0) is 49.3 Å². The third-order valence-electron chi connectivity index (χ3n) is 3.92. The molecule has 90 valence electrons. The molecule has 1 aromatic heterocycles. The van der Waals surface area contributed by atoms with Gasteiger partial charge in [0, 0.05) is 7.05 Å². The highest BCUT2D eigenvalue weighted by Gasteiger charge is 2.21. The van der Waals surface area contributed by atoms with E-state index in [2.05, 4.69) is 23.2 Å². The Balaban J connectivity index is 1.90. The molecule has 0 unspecified atom stereocenters. The molecule has 2 aromatic rings. The van der Waals surface area contributed by atoms with Crippen LogP contribution in [0.2, 0.25) is 0 Å². The average Bonchev–Trinajstić information content (AvgIpc) is 2.72. The van der Waals surface area contributed by atoms with Crippen LogP contribution in [0.3, 0.4) is 0 Å². The topological polar surface area (TPSA) is 38.0 Å². The predicted molar refractivity (Wildman–Crippen MR) is 67.9 cm³/mol. The van der Waals surface area contributed by atoms with Crippen molar-refractivity contribution in [2.75, 3.05) is 0 Å². The third kappa shape index (κ3) is 1.95. The number of fused-ring (bicyclic) bond motifs is 1. The number of hydrogen-bond donors (Lipinski definition) is 1. The van der Waals surface area contributed by atoms with E-state index in [1.165, 1.54) is 11.1 Å². The molecule has 1 N–H and O–H groups in total. The summed E-state index contributed by atoms with van der Waals surface area (Å²) in [5.74, 6) is 0.602. The average molecular weight is 230 g/mol. The van der Waals surface area contributed by atoms with Gasteiger partial charge in [0.25, 0.3) is 0 Å². The van der Waals surface area contributed by atoms with Gasteiger partial charge in [-0.1, -0.05) is 6.07 Å². The number of hydrogen-bond acceptors (Lipinski definition) is 2. The van der Waals surface area contributed by atoms with Crippen molar-refractivity contribution in [1.29, 1.82) is 0 Å². The number of aliphatic hydroxyl groups is 1. The lowest BCUT2D eigenvalue weighted by Crippen LogP contribution is -2.16. The smallest absolute Gasteiger partial charge is 0.0955 e. The summed E-state index contributed by atoms with van der Waals surface area (Å²) in [7, 11) is 2.02. The fourth-order valence-electron chi connectivity index (χ4n) is 2.82. The number of aryl methyl sites for hydroxylation is 1. The van der Waals surface area contributed by atoms with E-state index in [4.69, 9.17) is 0 Å². The summed E-state index contributed by atoms with van der Waals surface area (Å²) in [4.78, 5) is 4.40. The Morgan fingerprint density at radius 3 is 2.76 bits per heavy atom. The van der Waals surface area contributed by atoms with Gasteiger partial charge in [0.05, 0.1) is 23.5 Å². The molecule has 1 saturated carbocycles. The van der Waals surface area contributed by atoms with Crippen molar-refractivity contribution in [3.63, 3.8) is 0 Å². The zero-order valence-corrected chi connectivity index (χ0v) is 10.1. The van der Waals surface area contributed by atoms with Crippen molar-refractivity contribution in [3.05, 3.63) is 30.1 Å². The van der Waals surface area contributed by atoms with Crippen molar-refractivity contribution in [2.45, 2.75) is 37.7 Å². The first kappa shape index (κ1) is 10.8. The van der Waals surface area contributed by atoms with Crippen LogP contribution in [-0.2, 0) is 7.05 Å². The van der Waals surface area contributed by atoms with Gasteiger partial charge in [-0.3, -0.25) is 0 Å². The number of benzene rings is 1. The molecule has 0 saturated heterocycles. The Labute approximate surface area is 101 Å². The van der Waals surface area contributed by atoms with Gasteiger partial charge in [0.1, 0.15) is 0 Å². The van der Waals surface area contributed by atoms with Crippen LogP contribution in [0.5, 0.6) is 0 Å². The second kappa shape index (κ2) is 4.15. The minimum Gasteiger partial charge on any atom is -0.393 e. The molecule has 17 heavy (non-hydrogen) atoms. The Bertz CT molecular complexity index is 524. The van der Waals surface area contributed by atoms with Gasteiger partial charge in [-0.25, -0.2) is 4.98 Å². The van der Waals surface area contributed by atoms with Gasteiger partial charge < -0.3 is 9.67 Å². The maximum atomic E-state index is 9.53. The molecule has 3 heteroatoms. The molecule has 3 nitrogen and oxygen atoms in total. The Hall–Kier alpha value is -1.35. The van der Waals surface area contributed by atoms with E-state index in [0.717, 1.165) is 31.2 Å². The monoisotopic (exact) mass is 230 g/mol. The fraction of sp³-hybridized carbons (Fsp3) is 0.500. The van der Waals surface area contributed by atoms with Crippen LogP contribution in [0.1, 0.15) is 37.2 Å². The van der Waals surface area contributed by atoms with Crippen LogP contribution in [0.15, 0.2) is 24.5 Å². The minimum absolute atomic E-state index is 0.0789. The third-order valence-corrected chi connectivity index (χ3v) is 3.92. The number of nitrogens with zero attached hydrogens (tertiary/aromatic N) is 2. The second-order valence-electron chi connectivity index (χ2n) is 5.11. The van der Waals surface area contributed by atoms with Crippen LogP contribution in [0.4, 0.5) is 0 Å². The second-order valence-corrected chi connectivity index (χ2v) is 5.11. The lowest BCUT2D eigenvalue weighted by Gasteiger charge is -2.25. The van der Waals surface area contributed by atoms with Crippen molar-refractivity contribution < 1.29 is 5.11 Å². The summed E-state index contributed by atoms with van der Waals surface area (Å²) in [6.07, 6.45) is 5.85. The molecule has 1 aliphatic rings. The summed E-state index contributed by atoms with van der Waals surface area (Å²) in [6, 6.07) is 6.58. The molecule has 0 aliphatic heterocycles. The number of aromatic nitrogens is 2. The highest BCUT2D eigenvalue weighted by Crippen LogP contribution is 2.33. The highest BCUT2D eigenvalue weighted by molar-refractivity contribution is 5.76. The molecule has 1 aromatic carbocycles. The Kier molecular flexibility index (Phi) is 2.63. The van der Waals surface area contributed by atoms with Crippen LogP contribution < -0.4 is 0 Å². The van der Waals surface area contributed by atoms with Gasteiger partial charge in [0.2, 0.25) is 0 Å². The van der Waals surface area contributed by atoms with E-state index in [0.29, 0.717) is 5.92 Å². The fourth-order valence-corrected chi connectivity index (χ4v) is 2.82. The first-order valence-corrected chi connectivity index (χ1v) is 6.33. The van der Waals surface area contributed by atoms with E-state index in [-0.39, 0.29) is 6.10 Å². The van der Waals surface area contributed by atoms with E-state index in [1.807, 2.05) is 17.9 Å². The van der Waals surface area contributed by atoms with Crippen molar-refractivity contribution >= 4 is 11.0 Å². The van der Waals surface area contributed by atoms with Crippen LogP contribution >= 0.6 is 0 Å². The van der Waals surface area contributed by atoms with E-state index in [9.17, 15) is 5.11 Å². The molecular weight excluding hydrogens is 212 g/mol. The first-order valence-electron chi connectivity index (χ1n) is 6.33. The molecule has 3 rings (SSSR count). The van der Waals surface area contributed by atoms with Crippen molar-refractivity contribution in [2.24, 2.45) is 7.05 Å². The quantitative estimate of drug-likeness (QED) is 0.817. The van der Waals surface area contributed by atoms with Gasteiger partial charge in [0.15, 0.2) is 0 Å². The molecule has 1 fully saturated rings. The molecule has 0 amide bonds. The van der Waals surface area contributed by atoms with Gasteiger partial charge >= 0.3 is 0 Å². The highest BCUT2D eigenvalue weighted by atomic mass is 16.3. The van der Waals surface area contributed by atoms with Crippen LogP contribution in [-0.4, -0.2) is 20.8 Å². The number of aliphatic hydroxyl groups excluding tert-OH is 1. The van der Waals surface area contributed by atoms with Gasteiger partial charge in [-0.15, -0.1) is 0 Å². The van der Waals surface area contributed by atoms with Crippen LogP contribution in [0, 0.1) is 0 Å². The van der Waals surface area contributed by atoms with Crippen molar-refractivity contribution in [3.8, 4) is 0 Å². The minimum atomic E-state index is -0.0789. The largest absolute Gasteiger partial charge is 0.393 e. The number of rotatable bonds is 1. The molecule has 1 heterocycles. The molecule has 1 aliphatic carbocycles. The maximum absolute atomic E-state index is 9.53. The summed E-state index contributed by atoms with van der Waals surface area (Å²) in [5, 5.41) is 9.53. The van der Waals surface area contributed by atoms with Crippen molar-refractivity contribution in [1.82, 2.24) is 9.55 Å². The predicted octanol–water partition coefficient (Wildman–Crippen LogP) is 2.59. The molecule has 0 radical (unpaired) electrons. The summed E-state index contributed by atoms with van der Waals surface area (Å²) in [5.41, 5.74) is 3.64. The summed E-state index contributed by atoms with van der Waals surface area (Å²) in [6.45, 7) is 0. The van der Waals surface area contributed by atoms with E-state index in [1.54, 1.807) is 0 Å². The standard InChI is InChI=1S/C14H18N2O/c1-16-9-15-13-8-11(4-7-14(13)16)10-2-5-12(17)6-3-10/h4,7-10,12,17H,2-3,5-6H2,1H3. The summed E-state index contributed by atoms with van der Waals surface area (Å²) < 4.78 is 2.05. The maximum Gasteiger partial charge on any atom is 0.0955 e. The zero-order chi connectivity index (χ0) is 11.8. The normalized spacial score (nSPS) is 25.3. The zero-order valence-electron chi connectivity index (χ0n) is 10.1. The number of imidazole rings is 1. The molecule has 0 spiro atoms. The van der Waals surface area contributed by atoms with Crippen LogP contribution in [0.25, 0.3) is 11.0 Å². The molecule has 0 atom stereocenters.